The van der Waals surface area contributed by atoms with Crippen LogP contribution in [0.4, 0.5) is 10.3 Å². The van der Waals surface area contributed by atoms with Crippen LogP contribution in [0.3, 0.4) is 0 Å². The summed E-state index contributed by atoms with van der Waals surface area (Å²) in [5.74, 6) is 0.784. The summed E-state index contributed by atoms with van der Waals surface area (Å²) in [5.41, 5.74) is 1.86. The van der Waals surface area contributed by atoms with Crippen molar-refractivity contribution in [2.75, 3.05) is 25.0 Å². The first-order chi connectivity index (χ1) is 16.1. The largest absolute Gasteiger partial charge is 0.353 e. The molecule has 2 heterocycles. The van der Waals surface area contributed by atoms with Crippen LogP contribution >= 0.6 is 0 Å². The molecule has 1 saturated heterocycles. The van der Waals surface area contributed by atoms with Crippen LogP contribution in [-0.2, 0) is 6.42 Å². The first-order valence-corrected chi connectivity index (χ1v) is 12.2. The van der Waals surface area contributed by atoms with Crippen LogP contribution in [-0.4, -0.2) is 45.8 Å². The molecule has 1 aromatic heterocycles. The number of halogens is 1. The number of anilines is 1. The molecular weight excluding hydrogens is 411 g/mol. The molecule has 0 bridgehead atoms. The molecule has 4 nitrogen and oxygen atoms in total. The second-order valence-corrected chi connectivity index (χ2v) is 9.38. The standard InChI is InChI=1S/C28H33FN4/c1-22(28(29)17-8-3-9-18-28)33-26-13-7-6-12-25(26)31-27(33)30-24-15-20-32(21-16-24)19-14-23-10-4-2-5-11-23/h2-13,17,22,24H,14-16,18-21H2,1H3,(H,30,31). The van der Waals surface area contributed by atoms with Crippen molar-refractivity contribution in [3.63, 3.8) is 0 Å². The normalized spacial score (nSPS) is 22.6. The van der Waals surface area contributed by atoms with Gasteiger partial charge < -0.3 is 14.8 Å². The fourth-order valence-electron chi connectivity index (χ4n) is 5.09. The summed E-state index contributed by atoms with van der Waals surface area (Å²) >= 11 is 0. The Kier molecular flexibility index (Phi) is 6.32. The van der Waals surface area contributed by atoms with Crippen molar-refractivity contribution in [1.82, 2.24) is 14.5 Å². The molecule has 0 spiro atoms. The number of nitrogens with one attached hydrogen (secondary N) is 1. The van der Waals surface area contributed by atoms with Gasteiger partial charge in [0, 0.05) is 32.1 Å². The van der Waals surface area contributed by atoms with Crippen molar-refractivity contribution in [3.05, 3.63) is 84.5 Å². The Hall–Kier alpha value is -2.92. The Morgan fingerprint density at radius 3 is 2.58 bits per heavy atom. The minimum atomic E-state index is -1.42. The summed E-state index contributed by atoms with van der Waals surface area (Å²) in [6.45, 7) is 5.20. The van der Waals surface area contributed by atoms with E-state index in [4.69, 9.17) is 4.98 Å². The molecule has 172 valence electrons. The molecule has 0 saturated carbocycles. The summed E-state index contributed by atoms with van der Waals surface area (Å²) < 4.78 is 17.9. The molecule has 1 aliphatic carbocycles. The van der Waals surface area contributed by atoms with Crippen LogP contribution < -0.4 is 5.32 Å². The molecule has 1 N–H and O–H groups in total. The van der Waals surface area contributed by atoms with E-state index in [2.05, 4.69) is 45.1 Å². The third kappa shape index (κ3) is 4.74. The van der Waals surface area contributed by atoms with Gasteiger partial charge in [0.25, 0.3) is 0 Å². The molecule has 1 fully saturated rings. The number of nitrogens with zero attached hydrogens (tertiary/aromatic N) is 3. The van der Waals surface area contributed by atoms with Crippen LogP contribution in [0.15, 0.2) is 78.9 Å². The number of allylic oxidation sites excluding steroid dienone is 4. The third-order valence-corrected chi connectivity index (χ3v) is 7.21. The Morgan fingerprint density at radius 1 is 1.06 bits per heavy atom. The molecule has 2 aromatic carbocycles. The highest BCUT2D eigenvalue weighted by Gasteiger charge is 2.37. The van der Waals surface area contributed by atoms with Crippen LogP contribution in [0, 0.1) is 0 Å². The molecule has 33 heavy (non-hydrogen) atoms. The number of aromatic nitrogens is 2. The number of likely N-dealkylation sites (tertiary alicyclic amines) is 1. The van der Waals surface area contributed by atoms with Crippen molar-refractivity contribution >= 4 is 17.0 Å². The summed E-state index contributed by atoms with van der Waals surface area (Å²) in [4.78, 5) is 7.43. The predicted molar refractivity (Wildman–Crippen MR) is 134 cm³/mol. The van der Waals surface area contributed by atoms with Crippen LogP contribution in [0.2, 0.25) is 0 Å². The maximum atomic E-state index is 15.9. The van der Waals surface area contributed by atoms with Gasteiger partial charge in [-0.15, -0.1) is 0 Å². The minimum Gasteiger partial charge on any atom is -0.353 e. The van der Waals surface area contributed by atoms with Crippen LogP contribution in [0.5, 0.6) is 0 Å². The monoisotopic (exact) mass is 444 g/mol. The van der Waals surface area contributed by atoms with Crippen LogP contribution in [0.1, 0.15) is 37.8 Å². The molecule has 2 unspecified atom stereocenters. The minimum absolute atomic E-state index is 0.345. The number of hydrogen-bond donors (Lipinski definition) is 1. The maximum Gasteiger partial charge on any atom is 0.204 e. The zero-order chi connectivity index (χ0) is 22.7. The molecule has 0 amide bonds. The van der Waals surface area contributed by atoms with E-state index in [-0.39, 0.29) is 6.04 Å². The van der Waals surface area contributed by atoms with E-state index in [9.17, 15) is 0 Å². The number of piperidine rings is 1. The Morgan fingerprint density at radius 2 is 1.82 bits per heavy atom. The highest BCUT2D eigenvalue weighted by molar-refractivity contribution is 5.79. The van der Waals surface area contributed by atoms with Gasteiger partial charge in [-0.1, -0.05) is 60.7 Å². The molecule has 5 rings (SSSR count). The lowest BCUT2D eigenvalue weighted by Gasteiger charge is -2.34. The summed E-state index contributed by atoms with van der Waals surface area (Å²) in [6, 6.07) is 18.7. The van der Waals surface area contributed by atoms with Gasteiger partial charge in [-0.05, 0) is 50.0 Å². The van der Waals surface area contributed by atoms with E-state index in [0.29, 0.717) is 12.5 Å². The van der Waals surface area contributed by atoms with Crippen molar-refractivity contribution in [3.8, 4) is 0 Å². The highest BCUT2D eigenvalue weighted by atomic mass is 19.1. The van der Waals surface area contributed by atoms with E-state index in [0.717, 1.165) is 55.9 Å². The predicted octanol–water partition coefficient (Wildman–Crippen LogP) is 5.94. The van der Waals surface area contributed by atoms with Gasteiger partial charge in [0.1, 0.15) is 0 Å². The molecule has 2 atom stereocenters. The average molecular weight is 445 g/mol. The van der Waals surface area contributed by atoms with Gasteiger partial charge in [0.15, 0.2) is 5.67 Å². The fraction of sp³-hybridized carbons (Fsp3) is 0.393. The number of fused-ring (bicyclic) bond motifs is 1. The summed E-state index contributed by atoms with van der Waals surface area (Å²) in [5, 5.41) is 3.69. The Labute approximate surface area is 195 Å². The lowest BCUT2D eigenvalue weighted by molar-refractivity contribution is 0.157. The maximum absolute atomic E-state index is 15.9. The molecule has 2 aliphatic rings. The average Bonchev–Trinajstić information content (AvgIpc) is 3.22. The lowest BCUT2D eigenvalue weighted by atomic mass is 9.90. The van der Waals surface area contributed by atoms with Gasteiger partial charge in [-0.25, -0.2) is 9.37 Å². The number of alkyl halides is 1. The fourth-order valence-corrected chi connectivity index (χ4v) is 5.09. The van der Waals surface area contributed by atoms with Crippen molar-refractivity contribution in [2.45, 2.75) is 50.4 Å². The van der Waals surface area contributed by atoms with Crippen LogP contribution in [0.25, 0.3) is 11.0 Å². The SMILES string of the molecule is CC(n1c(NC2CCN(CCc3ccccc3)CC2)nc2ccccc21)C1(F)C=CC=CC1. The Balaban J connectivity index is 1.28. The topological polar surface area (TPSA) is 33.1 Å². The smallest absolute Gasteiger partial charge is 0.204 e. The second kappa shape index (κ2) is 9.52. The van der Waals surface area contributed by atoms with Crippen molar-refractivity contribution in [2.24, 2.45) is 0 Å². The highest BCUT2D eigenvalue weighted by Crippen LogP contribution is 2.38. The van der Waals surface area contributed by atoms with E-state index >= 15 is 4.39 Å². The van der Waals surface area contributed by atoms with Gasteiger partial charge in [0.05, 0.1) is 17.1 Å². The van der Waals surface area contributed by atoms with Gasteiger partial charge in [0.2, 0.25) is 5.95 Å². The number of benzene rings is 2. The number of rotatable bonds is 7. The Bertz CT molecular complexity index is 1130. The zero-order valence-electron chi connectivity index (χ0n) is 19.3. The number of hydrogen-bond acceptors (Lipinski definition) is 3. The second-order valence-electron chi connectivity index (χ2n) is 9.38. The van der Waals surface area contributed by atoms with Gasteiger partial charge in [-0.2, -0.15) is 0 Å². The summed E-state index contributed by atoms with van der Waals surface area (Å²) in [7, 11) is 0. The van der Waals surface area contributed by atoms with Crippen molar-refractivity contribution < 1.29 is 4.39 Å². The molecule has 3 aromatic rings. The van der Waals surface area contributed by atoms with Gasteiger partial charge >= 0.3 is 0 Å². The zero-order valence-corrected chi connectivity index (χ0v) is 19.3. The molecule has 0 radical (unpaired) electrons. The first kappa shape index (κ1) is 21.9. The number of para-hydroxylation sites is 2. The van der Waals surface area contributed by atoms with Gasteiger partial charge in [-0.3, -0.25) is 0 Å². The molecular formula is C28H33FN4. The summed E-state index contributed by atoms with van der Waals surface area (Å²) in [6.07, 6.45) is 10.9. The van der Waals surface area contributed by atoms with E-state index in [1.165, 1.54) is 5.56 Å². The van der Waals surface area contributed by atoms with Crippen molar-refractivity contribution in [1.29, 1.82) is 0 Å². The third-order valence-electron chi connectivity index (χ3n) is 7.21. The van der Waals surface area contributed by atoms with E-state index in [1.807, 2.05) is 49.4 Å². The van der Waals surface area contributed by atoms with E-state index in [1.54, 1.807) is 6.08 Å². The number of imidazole rings is 1. The molecule has 1 aliphatic heterocycles. The van der Waals surface area contributed by atoms with E-state index < -0.39 is 5.67 Å². The lowest BCUT2D eigenvalue weighted by Crippen LogP contribution is -2.41. The quantitative estimate of drug-likeness (QED) is 0.489. The first-order valence-electron chi connectivity index (χ1n) is 12.2. The molecule has 5 heteroatoms.